The first-order valence-corrected chi connectivity index (χ1v) is 10.4. The Morgan fingerprint density at radius 2 is 2.20 bits per heavy atom. The van der Waals surface area contributed by atoms with E-state index in [0.29, 0.717) is 45.0 Å². The number of carbonyl (C=O) groups excluding carboxylic acids is 2. The summed E-state index contributed by atoms with van der Waals surface area (Å²) in [5.74, 6) is 0.323. The minimum absolute atomic E-state index is 0.0912. The summed E-state index contributed by atoms with van der Waals surface area (Å²) in [6.45, 7) is 4.64. The summed E-state index contributed by atoms with van der Waals surface area (Å²) in [7, 11) is 1.63. The van der Waals surface area contributed by atoms with Gasteiger partial charge in [-0.25, -0.2) is 4.79 Å². The van der Waals surface area contributed by atoms with Crippen LogP contribution in [0, 0.1) is 5.92 Å². The van der Waals surface area contributed by atoms with Gasteiger partial charge in [0.15, 0.2) is 5.69 Å². The summed E-state index contributed by atoms with van der Waals surface area (Å²) in [6.07, 6.45) is 1.40. The summed E-state index contributed by atoms with van der Waals surface area (Å²) in [5, 5.41) is 4.59. The van der Waals surface area contributed by atoms with Gasteiger partial charge in [-0.2, -0.15) is 5.10 Å². The van der Waals surface area contributed by atoms with Crippen LogP contribution in [0.25, 0.3) is 0 Å². The molecule has 3 heterocycles. The summed E-state index contributed by atoms with van der Waals surface area (Å²) in [5.41, 5.74) is 3.09. The molecule has 4 rings (SSSR count). The predicted octanol–water partition coefficient (Wildman–Crippen LogP) is 2.04. The topological polar surface area (TPSA) is 82.9 Å². The SMILES string of the molecule is CCOC(=O)c1nn(Cc2cccc(OC)c2)c2c1CN(C(=O)C1CCOC1)CC2. The van der Waals surface area contributed by atoms with Gasteiger partial charge in [-0.1, -0.05) is 12.1 Å². The van der Waals surface area contributed by atoms with Crippen molar-refractivity contribution < 1.29 is 23.8 Å². The molecular formula is C22H27N3O5. The van der Waals surface area contributed by atoms with E-state index in [2.05, 4.69) is 5.10 Å². The molecule has 1 fully saturated rings. The quantitative estimate of drug-likeness (QED) is 0.674. The molecule has 30 heavy (non-hydrogen) atoms. The van der Waals surface area contributed by atoms with Crippen molar-refractivity contribution in [3.05, 3.63) is 46.8 Å². The van der Waals surface area contributed by atoms with E-state index in [9.17, 15) is 9.59 Å². The van der Waals surface area contributed by atoms with Gasteiger partial charge in [0.1, 0.15) is 5.75 Å². The molecule has 2 aliphatic rings. The number of ether oxygens (including phenoxy) is 3. The number of nitrogens with zero attached hydrogens (tertiary/aromatic N) is 3. The Bertz CT molecular complexity index is 933. The first kappa shape index (κ1) is 20.4. The Balaban J connectivity index is 1.62. The number of hydrogen-bond donors (Lipinski definition) is 0. The molecule has 1 unspecified atom stereocenters. The number of esters is 1. The number of rotatable bonds is 6. The maximum absolute atomic E-state index is 12.9. The highest BCUT2D eigenvalue weighted by atomic mass is 16.5. The van der Waals surface area contributed by atoms with Gasteiger partial charge in [-0.05, 0) is 31.0 Å². The fourth-order valence-corrected chi connectivity index (χ4v) is 4.10. The van der Waals surface area contributed by atoms with Gasteiger partial charge >= 0.3 is 5.97 Å². The predicted molar refractivity (Wildman–Crippen MR) is 108 cm³/mol. The highest BCUT2D eigenvalue weighted by Gasteiger charge is 2.34. The zero-order chi connectivity index (χ0) is 21.1. The standard InChI is InChI=1S/C22H27N3O5/c1-3-30-22(27)20-18-13-24(21(26)16-8-10-29-14-16)9-7-19(18)25(23-20)12-15-5-4-6-17(11-15)28-2/h4-6,11,16H,3,7-10,12-14H2,1-2H3. The second kappa shape index (κ2) is 8.87. The normalized spacial score (nSPS) is 18.2. The van der Waals surface area contributed by atoms with Gasteiger partial charge in [-0.15, -0.1) is 0 Å². The number of fused-ring (bicyclic) bond motifs is 1. The van der Waals surface area contributed by atoms with E-state index >= 15 is 0 Å². The van der Waals surface area contributed by atoms with Crippen molar-refractivity contribution in [3.8, 4) is 5.75 Å². The first-order chi connectivity index (χ1) is 14.6. The molecule has 1 aromatic carbocycles. The lowest BCUT2D eigenvalue weighted by Crippen LogP contribution is -2.40. The van der Waals surface area contributed by atoms with E-state index in [1.165, 1.54) is 0 Å². The van der Waals surface area contributed by atoms with Crippen molar-refractivity contribution in [2.75, 3.05) is 33.5 Å². The fourth-order valence-electron chi connectivity index (χ4n) is 4.10. The van der Waals surface area contributed by atoms with Crippen molar-refractivity contribution in [2.24, 2.45) is 5.92 Å². The molecule has 0 spiro atoms. The van der Waals surface area contributed by atoms with Crippen LogP contribution in [0.2, 0.25) is 0 Å². The van der Waals surface area contributed by atoms with Crippen molar-refractivity contribution in [1.29, 1.82) is 0 Å². The molecule has 160 valence electrons. The van der Waals surface area contributed by atoms with Crippen molar-refractivity contribution >= 4 is 11.9 Å². The number of amides is 1. The zero-order valence-electron chi connectivity index (χ0n) is 17.4. The lowest BCUT2D eigenvalue weighted by molar-refractivity contribution is -0.136. The summed E-state index contributed by atoms with van der Waals surface area (Å²) < 4.78 is 17.8. The molecule has 0 radical (unpaired) electrons. The number of aromatic nitrogens is 2. The van der Waals surface area contributed by atoms with Crippen molar-refractivity contribution in [3.63, 3.8) is 0 Å². The van der Waals surface area contributed by atoms with Crippen LogP contribution in [0.1, 0.15) is 40.7 Å². The minimum Gasteiger partial charge on any atom is -0.497 e. The lowest BCUT2D eigenvalue weighted by Gasteiger charge is -2.29. The molecule has 0 bridgehead atoms. The van der Waals surface area contributed by atoms with Crippen LogP contribution in [0.5, 0.6) is 5.75 Å². The second-order valence-corrected chi connectivity index (χ2v) is 7.57. The third-order valence-corrected chi connectivity index (χ3v) is 5.66. The van der Waals surface area contributed by atoms with Crippen LogP contribution >= 0.6 is 0 Å². The van der Waals surface area contributed by atoms with E-state index in [4.69, 9.17) is 14.2 Å². The molecule has 1 atom stereocenters. The molecule has 0 N–H and O–H groups in total. The van der Waals surface area contributed by atoms with E-state index < -0.39 is 5.97 Å². The Morgan fingerprint density at radius 1 is 1.33 bits per heavy atom. The molecule has 8 heteroatoms. The summed E-state index contributed by atoms with van der Waals surface area (Å²) in [4.78, 5) is 27.3. The Kier molecular flexibility index (Phi) is 6.03. The maximum Gasteiger partial charge on any atom is 0.359 e. The van der Waals surface area contributed by atoms with Crippen LogP contribution in [0.15, 0.2) is 24.3 Å². The molecule has 0 aliphatic carbocycles. The van der Waals surface area contributed by atoms with E-state index in [1.54, 1.807) is 14.0 Å². The van der Waals surface area contributed by atoms with E-state index in [0.717, 1.165) is 29.0 Å². The van der Waals surface area contributed by atoms with Crippen LogP contribution < -0.4 is 4.74 Å². The average Bonchev–Trinajstić information content (AvgIpc) is 3.42. The largest absolute Gasteiger partial charge is 0.497 e. The van der Waals surface area contributed by atoms with Gasteiger partial charge in [0.05, 0.1) is 32.8 Å². The van der Waals surface area contributed by atoms with Gasteiger partial charge in [0.25, 0.3) is 0 Å². The number of hydrogen-bond acceptors (Lipinski definition) is 6. The lowest BCUT2D eigenvalue weighted by atomic mass is 10.0. The third-order valence-electron chi connectivity index (χ3n) is 5.66. The molecule has 1 aromatic heterocycles. The van der Waals surface area contributed by atoms with E-state index in [-0.39, 0.29) is 18.4 Å². The van der Waals surface area contributed by atoms with Crippen LogP contribution in [-0.4, -0.2) is 60.0 Å². The van der Waals surface area contributed by atoms with Crippen LogP contribution in [-0.2, 0) is 33.8 Å². The number of carbonyl (C=O) groups is 2. The van der Waals surface area contributed by atoms with Gasteiger partial charge in [0, 0.05) is 37.4 Å². The zero-order valence-corrected chi connectivity index (χ0v) is 17.4. The minimum atomic E-state index is -0.448. The van der Waals surface area contributed by atoms with Crippen LogP contribution in [0.3, 0.4) is 0 Å². The second-order valence-electron chi connectivity index (χ2n) is 7.57. The first-order valence-electron chi connectivity index (χ1n) is 10.4. The van der Waals surface area contributed by atoms with E-state index in [1.807, 2.05) is 33.8 Å². The smallest absolute Gasteiger partial charge is 0.359 e. The van der Waals surface area contributed by atoms with Crippen molar-refractivity contribution in [1.82, 2.24) is 14.7 Å². The van der Waals surface area contributed by atoms with Crippen molar-refractivity contribution in [2.45, 2.75) is 32.9 Å². The molecule has 1 saturated heterocycles. The Labute approximate surface area is 175 Å². The maximum atomic E-state index is 12.9. The molecule has 2 aromatic rings. The molecule has 8 nitrogen and oxygen atoms in total. The highest BCUT2D eigenvalue weighted by molar-refractivity contribution is 5.89. The third kappa shape index (κ3) is 4.05. The number of benzene rings is 1. The summed E-state index contributed by atoms with van der Waals surface area (Å²) in [6, 6.07) is 7.78. The number of methoxy groups -OCH3 is 1. The Morgan fingerprint density at radius 3 is 2.93 bits per heavy atom. The van der Waals surface area contributed by atoms with Gasteiger partial charge < -0.3 is 19.1 Å². The van der Waals surface area contributed by atoms with Gasteiger partial charge in [-0.3, -0.25) is 9.48 Å². The van der Waals surface area contributed by atoms with Crippen LogP contribution in [0.4, 0.5) is 0 Å². The van der Waals surface area contributed by atoms with Gasteiger partial charge in [0.2, 0.25) is 5.91 Å². The molecule has 1 amide bonds. The molecule has 2 aliphatic heterocycles. The Hall–Kier alpha value is -2.87. The highest BCUT2D eigenvalue weighted by Crippen LogP contribution is 2.27. The summed E-state index contributed by atoms with van der Waals surface area (Å²) >= 11 is 0. The molecular weight excluding hydrogens is 386 g/mol. The fraction of sp³-hybridized carbons (Fsp3) is 0.500. The average molecular weight is 413 g/mol. The molecule has 0 saturated carbocycles. The monoisotopic (exact) mass is 413 g/mol.